The molecule has 1 unspecified atom stereocenters. The van der Waals surface area contributed by atoms with Crippen molar-refractivity contribution in [3.05, 3.63) is 59.7 Å². The minimum absolute atomic E-state index is 0.0391. The van der Waals surface area contributed by atoms with Crippen LogP contribution < -0.4 is 15.5 Å². The van der Waals surface area contributed by atoms with E-state index in [2.05, 4.69) is 31.4 Å². The van der Waals surface area contributed by atoms with Gasteiger partial charge >= 0.3 is 6.03 Å². The number of rotatable bonds is 3. The average molecular weight is 447 g/mol. The predicted octanol–water partition coefficient (Wildman–Crippen LogP) is 5.48. The van der Waals surface area contributed by atoms with Gasteiger partial charge in [0.1, 0.15) is 0 Å². The monoisotopic (exact) mass is 446 g/mol. The van der Waals surface area contributed by atoms with Crippen LogP contribution in [0.5, 0.6) is 0 Å². The molecule has 174 valence electrons. The molecule has 2 aromatic rings. The number of hydrogen-bond donors (Lipinski definition) is 2. The number of benzene rings is 2. The van der Waals surface area contributed by atoms with E-state index in [1.165, 1.54) is 24.8 Å². The van der Waals surface area contributed by atoms with Crippen molar-refractivity contribution in [2.45, 2.75) is 64.5 Å². The zero-order chi connectivity index (χ0) is 23.6. The highest BCUT2D eigenvalue weighted by Crippen LogP contribution is 2.33. The summed E-state index contributed by atoms with van der Waals surface area (Å²) in [4.78, 5) is 32.5. The van der Waals surface area contributed by atoms with Crippen molar-refractivity contribution >= 4 is 29.0 Å². The number of benzodiazepines with no additional fused rings is 1. The van der Waals surface area contributed by atoms with Crippen LogP contribution in [0.4, 0.5) is 16.2 Å². The third-order valence-corrected chi connectivity index (χ3v) is 6.64. The van der Waals surface area contributed by atoms with Crippen LogP contribution in [0.3, 0.4) is 0 Å². The summed E-state index contributed by atoms with van der Waals surface area (Å²) >= 11 is 0. The largest absolute Gasteiger partial charge is 0.321 e. The van der Waals surface area contributed by atoms with E-state index in [-0.39, 0.29) is 11.3 Å². The number of fused-ring (bicyclic) bond motifs is 1. The van der Waals surface area contributed by atoms with Crippen molar-refractivity contribution in [2.75, 3.05) is 17.3 Å². The summed E-state index contributed by atoms with van der Waals surface area (Å²) in [7, 11) is 1.75. The first-order chi connectivity index (χ1) is 15.7. The van der Waals surface area contributed by atoms with Crippen LogP contribution in [0.2, 0.25) is 0 Å². The number of amides is 3. The van der Waals surface area contributed by atoms with E-state index in [1.807, 2.05) is 48.5 Å². The molecule has 6 nitrogen and oxygen atoms in total. The second-order valence-electron chi connectivity index (χ2n) is 10.1. The maximum atomic E-state index is 13.3. The molecule has 6 heteroatoms. The number of nitrogens with zero attached hydrogens (tertiary/aromatic N) is 2. The summed E-state index contributed by atoms with van der Waals surface area (Å²) < 4.78 is 0. The summed E-state index contributed by atoms with van der Waals surface area (Å²) in [6.07, 6.45) is 4.72. The molecule has 0 bridgehead atoms. The standard InChI is InChI=1S/C27H34N4O2/c1-27(2,3)19-14-16-20(17-15-19)28-26(33)30-24-25(32)31(4)22-13-9-8-12-21(22)23(29-24)18-10-6-5-7-11-18/h8-9,12-18,24H,5-7,10-11H2,1-4H3,(H2,28,30,33). The summed E-state index contributed by atoms with van der Waals surface area (Å²) in [6.45, 7) is 6.45. The topological polar surface area (TPSA) is 73.8 Å². The molecule has 3 amide bonds. The number of anilines is 2. The second-order valence-corrected chi connectivity index (χ2v) is 10.1. The molecule has 1 fully saturated rings. The maximum Gasteiger partial charge on any atom is 0.321 e. The maximum absolute atomic E-state index is 13.3. The Bertz CT molecular complexity index is 1050. The van der Waals surface area contributed by atoms with Gasteiger partial charge in [-0.2, -0.15) is 0 Å². The Morgan fingerprint density at radius 3 is 2.33 bits per heavy atom. The zero-order valence-electron chi connectivity index (χ0n) is 20.0. The molecule has 33 heavy (non-hydrogen) atoms. The number of carbonyl (C=O) groups excluding carboxylic acids is 2. The Morgan fingerprint density at radius 1 is 1.00 bits per heavy atom. The van der Waals surface area contributed by atoms with E-state index >= 15 is 0 Å². The highest BCUT2D eigenvalue weighted by Gasteiger charge is 2.33. The molecule has 1 atom stereocenters. The summed E-state index contributed by atoms with van der Waals surface area (Å²) in [5.74, 6) is 0.0583. The molecule has 2 aliphatic rings. The molecule has 1 aliphatic carbocycles. The van der Waals surface area contributed by atoms with Gasteiger partial charge in [-0.3, -0.25) is 9.79 Å². The Hall–Kier alpha value is -3.15. The van der Waals surface area contributed by atoms with Crippen LogP contribution in [0.1, 0.15) is 64.0 Å². The van der Waals surface area contributed by atoms with Gasteiger partial charge in [-0.05, 0) is 42.0 Å². The Labute approximate surface area is 196 Å². The van der Waals surface area contributed by atoms with Crippen molar-refractivity contribution in [1.82, 2.24) is 5.32 Å². The fourth-order valence-corrected chi connectivity index (χ4v) is 4.69. The van der Waals surface area contributed by atoms with Crippen LogP contribution in [0.15, 0.2) is 53.5 Å². The molecule has 0 aromatic heterocycles. The molecular weight excluding hydrogens is 412 g/mol. The fraction of sp³-hybridized carbons (Fsp3) is 0.444. The SMILES string of the molecule is CN1C(=O)C(NC(=O)Nc2ccc(C(C)(C)C)cc2)N=C(C2CCCCC2)c2ccccc21. The molecule has 0 saturated heterocycles. The number of nitrogens with one attached hydrogen (secondary N) is 2. The van der Waals surface area contributed by atoms with E-state index in [4.69, 9.17) is 4.99 Å². The number of likely N-dealkylation sites (N-methyl/N-ethyl adjacent to an activating group) is 1. The van der Waals surface area contributed by atoms with Gasteiger partial charge in [-0.1, -0.05) is 70.4 Å². The molecule has 0 radical (unpaired) electrons. The Balaban J connectivity index is 1.57. The van der Waals surface area contributed by atoms with Gasteiger partial charge in [0, 0.05) is 24.2 Å². The molecular formula is C27H34N4O2. The lowest BCUT2D eigenvalue weighted by molar-refractivity contribution is -0.119. The fourth-order valence-electron chi connectivity index (χ4n) is 4.69. The van der Waals surface area contributed by atoms with E-state index in [0.717, 1.165) is 29.8 Å². The van der Waals surface area contributed by atoms with Gasteiger partial charge in [0.2, 0.25) is 6.17 Å². The lowest BCUT2D eigenvalue weighted by Crippen LogP contribution is -2.47. The predicted molar refractivity (Wildman–Crippen MR) is 134 cm³/mol. The van der Waals surface area contributed by atoms with Gasteiger partial charge in [-0.25, -0.2) is 4.79 Å². The first-order valence-corrected chi connectivity index (χ1v) is 11.9. The van der Waals surface area contributed by atoms with Crippen molar-refractivity contribution in [3.63, 3.8) is 0 Å². The number of carbonyl (C=O) groups is 2. The van der Waals surface area contributed by atoms with E-state index < -0.39 is 12.2 Å². The van der Waals surface area contributed by atoms with Crippen LogP contribution >= 0.6 is 0 Å². The highest BCUT2D eigenvalue weighted by atomic mass is 16.2. The van der Waals surface area contributed by atoms with Gasteiger partial charge < -0.3 is 15.5 Å². The minimum atomic E-state index is -0.965. The van der Waals surface area contributed by atoms with Crippen molar-refractivity contribution in [2.24, 2.45) is 10.9 Å². The summed E-state index contributed by atoms with van der Waals surface area (Å²) in [5.41, 5.74) is 4.67. The number of para-hydroxylation sites is 1. The van der Waals surface area contributed by atoms with Gasteiger partial charge in [0.25, 0.3) is 5.91 Å². The summed E-state index contributed by atoms with van der Waals surface area (Å²) in [5, 5.41) is 5.66. The molecule has 2 aromatic carbocycles. The van der Waals surface area contributed by atoms with Gasteiger partial charge in [-0.15, -0.1) is 0 Å². The van der Waals surface area contributed by atoms with Crippen LogP contribution in [0, 0.1) is 5.92 Å². The van der Waals surface area contributed by atoms with E-state index in [1.54, 1.807) is 11.9 Å². The molecule has 1 saturated carbocycles. The smallest absolute Gasteiger partial charge is 0.311 e. The normalized spacial score (nSPS) is 19.4. The second kappa shape index (κ2) is 9.38. The molecule has 1 heterocycles. The Morgan fingerprint density at radius 2 is 1.67 bits per heavy atom. The van der Waals surface area contributed by atoms with E-state index in [9.17, 15) is 9.59 Å². The zero-order valence-corrected chi connectivity index (χ0v) is 20.0. The number of hydrogen-bond acceptors (Lipinski definition) is 3. The summed E-state index contributed by atoms with van der Waals surface area (Å²) in [6, 6.07) is 15.2. The first-order valence-electron chi connectivity index (χ1n) is 11.9. The van der Waals surface area contributed by atoms with Crippen LogP contribution in [0.25, 0.3) is 0 Å². The quantitative estimate of drug-likeness (QED) is 0.655. The average Bonchev–Trinajstić information content (AvgIpc) is 2.90. The van der Waals surface area contributed by atoms with E-state index in [0.29, 0.717) is 11.6 Å². The third-order valence-electron chi connectivity index (χ3n) is 6.64. The van der Waals surface area contributed by atoms with Crippen molar-refractivity contribution < 1.29 is 9.59 Å². The van der Waals surface area contributed by atoms with Gasteiger partial charge in [0.15, 0.2) is 0 Å². The lowest BCUT2D eigenvalue weighted by atomic mass is 9.83. The molecule has 0 spiro atoms. The molecule has 1 aliphatic heterocycles. The molecule has 4 rings (SSSR count). The third kappa shape index (κ3) is 5.10. The first kappa shape index (κ1) is 23.0. The highest BCUT2D eigenvalue weighted by molar-refractivity contribution is 6.14. The van der Waals surface area contributed by atoms with Crippen LogP contribution in [-0.4, -0.2) is 30.9 Å². The van der Waals surface area contributed by atoms with Crippen LogP contribution in [-0.2, 0) is 10.2 Å². The lowest BCUT2D eigenvalue weighted by Gasteiger charge is -2.25. The Kier molecular flexibility index (Phi) is 6.54. The minimum Gasteiger partial charge on any atom is -0.311 e. The van der Waals surface area contributed by atoms with Crippen molar-refractivity contribution in [3.8, 4) is 0 Å². The van der Waals surface area contributed by atoms with Gasteiger partial charge in [0.05, 0.1) is 11.4 Å². The number of aliphatic imine (C=N–C) groups is 1. The molecule has 2 N–H and O–H groups in total. The number of urea groups is 1. The van der Waals surface area contributed by atoms with Crippen molar-refractivity contribution in [1.29, 1.82) is 0 Å².